The van der Waals surface area contributed by atoms with E-state index in [1.807, 2.05) is 20.8 Å². The second-order valence-corrected chi connectivity index (χ2v) is 14.6. The number of carbonyl (C=O) groups excluding carboxylic acids is 3. The first kappa shape index (κ1) is 44.3. The summed E-state index contributed by atoms with van der Waals surface area (Å²) in [5, 5.41) is 34.5. The number of carbonyl (C=O) groups is 3. The van der Waals surface area contributed by atoms with Gasteiger partial charge in [0.05, 0.1) is 28.5 Å². The summed E-state index contributed by atoms with van der Waals surface area (Å²) in [5.74, 6) is -2.29. The molecule has 4 aromatic rings. The van der Waals surface area contributed by atoms with Gasteiger partial charge >= 0.3 is 17.9 Å². The molecule has 0 radical (unpaired) electrons. The summed E-state index contributed by atoms with van der Waals surface area (Å²) in [4.78, 5) is 52.7. The number of aromatic hydroxyl groups is 3. The number of aromatic nitrogens is 3. The summed E-state index contributed by atoms with van der Waals surface area (Å²) in [6.07, 6.45) is 6.93. The van der Waals surface area contributed by atoms with E-state index in [1.165, 1.54) is 24.3 Å². The van der Waals surface area contributed by atoms with E-state index in [2.05, 4.69) is 28.8 Å². The Morgan fingerprint density at radius 2 is 0.860 bits per heavy atom. The minimum Gasteiger partial charge on any atom is -0.507 e. The molecule has 13 heteroatoms. The molecule has 0 saturated heterocycles. The lowest BCUT2D eigenvalue weighted by molar-refractivity contribution is -0.140. The predicted molar refractivity (Wildman–Crippen MR) is 221 cm³/mol. The highest BCUT2D eigenvalue weighted by Gasteiger charge is 2.26. The lowest BCUT2D eigenvalue weighted by Gasteiger charge is -2.18. The number of phenols is 3. The Morgan fingerprint density at radius 3 is 1.14 bits per heavy atom. The van der Waals surface area contributed by atoms with Gasteiger partial charge in [0.2, 0.25) is 0 Å². The van der Waals surface area contributed by atoms with Crippen LogP contribution in [-0.4, -0.2) is 56.0 Å². The van der Waals surface area contributed by atoms with Crippen molar-refractivity contribution in [2.75, 3.05) is 0 Å². The van der Waals surface area contributed by atoms with Crippen LogP contribution in [0, 0.1) is 32.6 Å². The summed E-state index contributed by atoms with van der Waals surface area (Å²) < 4.78 is 17.1. The van der Waals surface area contributed by atoms with E-state index in [0.717, 1.165) is 25.7 Å². The molecule has 3 unspecified atom stereocenters. The van der Waals surface area contributed by atoms with Crippen LogP contribution in [0.15, 0.2) is 36.4 Å². The monoisotopic (exact) mass is 781 g/mol. The number of hydrogen-bond donors (Lipinski definition) is 3. The number of nitrogens with zero attached hydrogens (tertiary/aromatic N) is 3. The molecule has 4 rings (SSSR count). The van der Waals surface area contributed by atoms with Crippen LogP contribution in [0.2, 0.25) is 5.82 Å². The molecule has 0 spiro atoms. The highest BCUT2D eigenvalue weighted by atomic mass is 16.5. The molecule has 304 valence electrons. The van der Waals surface area contributed by atoms with Crippen molar-refractivity contribution in [2.45, 2.75) is 119 Å². The standard InChI is InChI=1S/C44H56BN3O9/c1-9-14-16-27(11-3)42(52)55-33-21-18-29(36(49)24(33)6)39-46-40(30-19-22-34(25(7)37(30)50)56-43(53)28(12-4)17-15-10-2)48-41(47-39)31-20-23-35(26(8)38(31)51)57-44(54)32(45)13-5/h18-23,27-28,32,49-51H,9-17,45H2,1-8H3. The van der Waals surface area contributed by atoms with E-state index in [0.29, 0.717) is 32.1 Å². The predicted octanol–water partition coefficient (Wildman–Crippen LogP) is 8.90. The van der Waals surface area contributed by atoms with Gasteiger partial charge in [-0.3, -0.25) is 14.4 Å². The molecule has 3 aromatic carbocycles. The van der Waals surface area contributed by atoms with Crippen LogP contribution in [0.1, 0.15) is 109 Å². The molecular weight excluding hydrogens is 725 g/mol. The molecular formula is C44H56BN3O9. The fourth-order valence-electron chi connectivity index (χ4n) is 6.29. The SMILES string of the molecule is BC(CC)C(=O)Oc1ccc(-c2nc(-c3ccc(OC(=O)C(CC)CCCC)c(C)c3O)nc(-c3ccc(OC(=O)C(CC)CCCC)c(C)c3O)n2)c(O)c1C. The maximum atomic E-state index is 13.1. The lowest BCUT2D eigenvalue weighted by Crippen LogP contribution is -2.20. The van der Waals surface area contributed by atoms with Crippen LogP contribution < -0.4 is 14.2 Å². The van der Waals surface area contributed by atoms with Gasteiger partial charge in [0.1, 0.15) is 42.3 Å². The normalized spacial score (nSPS) is 12.8. The topological polar surface area (TPSA) is 178 Å². The summed E-state index contributed by atoms with van der Waals surface area (Å²) in [7, 11) is 1.76. The van der Waals surface area contributed by atoms with Crippen LogP contribution >= 0.6 is 0 Å². The zero-order valence-corrected chi connectivity index (χ0v) is 34.7. The van der Waals surface area contributed by atoms with Gasteiger partial charge in [-0.05, 0) is 82.9 Å². The zero-order chi connectivity index (χ0) is 42.0. The minimum atomic E-state index is -0.435. The van der Waals surface area contributed by atoms with Crippen molar-refractivity contribution in [1.29, 1.82) is 0 Å². The average Bonchev–Trinajstić information content (AvgIpc) is 3.20. The summed E-state index contributed by atoms with van der Waals surface area (Å²) >= 11 is 0. The highest BCUT2D eigenvalue weighted by Crippen LogP contribution is 2.42. The van der Waals surface area contributed by atoms with Crippen LogP contribution in [0.25, 0.3) is 34.2 Å². The van der Waals surface area contributed by atoms with Crippen molar-refractivity contribution in [1.82, 2.24) is 15.0 Å². The zero-order valence-electron chi connectivity index (χ0n) is 34.7. The van der Waals surface area contributed by atoms with E-state index < -0.39 is 5.97 Å². The van der Waals surface area contributed by atoms with Crippen LogP contribution in [0.4, 0.5) is 0 Å². The van der Waals surface area contributed by atoms with E-state index in [-0.39, 0.29) is 115 Å². The minimum absolute atomic E-state index is 0.0125. The van der Waals surface area contributed by atoms with Crippen molar-refractivity contribution in [3.05, 3.63) is 53.1 Å². The van der Waals surface area contributed by atoms with Gasteiger partial charge in [0.25, 0.3) is 0 Å². The Morgan fingerprint density at radius 1 is 0.544 bits per heavy atom. The first-order chi connectivity index (χ1) is 27.2. The van der Waals surface area contributed by atoms with Crippen molar-refractivity contribution in [2.24, 2.45) is 11.8 Å². The molecule has 0 fully saturated rings. The Bertz CT molecular complexity index is 1980. The van der Waals surface area contributed by atoms with Gasteiger partial charge in [0, 0.05) is 22.5 Å². The maximum absolute atomic E-state index is 13.1. The summed E-state index contributed by atoms with van der Waals surface area (Å²) in [5.41, 5.74) is 1.36. The lowest BCUT2D eigenvalue weighted by atomic mass is 9.85. The molecule has 0 bridgehead atoms. The Kier molecular flexibility index (Phi) is 15.6. The number of unbranched alkanes of at least 4 members (excludes halogenated alkanes) is 2. The van der Waals surface area contributed by atoms with E-state index >= 15 is 0 Å². The molecule has 1 aromatic heterocycles. The number of phenolic OH excluding ortho intramolecular Hbond substituents is 3. The number of esters is 3. The van der Waals surface area contributed by atoms with Gasteiger partial charge in [-0.1, -0.05) is 66.7 Å². The molecule has 0 aliphatic heterocycles. The molecule has 3 atom stereocenters. The fraction of sp³-hybridized carbons (Fsp3) is 0.455. The number of benzene rings is 3. The van der Waals surface area contributed by atoms with Gasteiger partial charge in [0.15, 0.2) is 17.5 Å². The largest absolute Gasteiger partial charge is 0.507 e. The molecule has 0 aliphatic rings. The third-order valence-electron chi connectivity index (χ3n) is 10.6. The van der Waals surface area contributed by atoms with Crippen molar-refractivity contribution < 1.29 is 43.9 Å². The third-order valence-corrected chi connectivity index (χ3v) is 10.6. The highest BCUT2D eigenvalue weighted by molar-refractivity contribution is 6.22. The Balaban J connectivity index is 1.85. The number of hydrogen-bond acceptors (Lipinski definition) is 12. The van der Waals surface area contributed by atoms with Crippen molar-refractivity contribution in [3.8, 4) is 68.7 Å². The van der Waals surface area contributed by atoms with Crippen molar-refractivity contribution in [3.63, 3.8) is 0 Å². The first-order valence-corrected chi connectivity index (χ1v) is 20.1. The van der Waals surface area contributed by atoms with E-state index in [1.54, 1.807) is 40.8 Å². The maximum Gasteiger partial charge on any atom is 0.314 e. The molecule has 0 saturated carbocycles. The molecule has 1 heterocycles. The van der Waals surface area contributed by atoms with Gasteiger partial charge in [-0.25, -0.2) is 15.0 Å². The van der Waals surface area contributed by atoms with Crippen LogP contribution in [0.3, 0.4) is 0 Å². The first-order valence-electron chi connectivity index (χ1n) is 20.1. The average molecular weight is 782 g/mol. The molecule has 3 N–H and O–H groups in total. The number of ether oxygens (including phenoxy) is 3. The second kappa shape index (κ2) is 20.1. The Labute approximate surface area is 336 Å². The fourth-order valence-corrected chi connectivity index (χ4v) is 6.29. The van der Waals surface area contributed by atoms with Gasteiger partial charge in [-0.15, -0.1) is 0 Å². The quantitative estimate of drug-likeness (QED) is 0.0497. The van der Waals surface area contributed by atoms with Crippen molar-refractivity contribution >= 4 is 25.8 Å². The van der Waals surface area contributed by atoms with Crippen LogP contribution in [0.5, 0.6) is 34.5 Å². The smallest absolute Gasteiger partial charge is 0.314 e. The molecule has 57 heavy (non-hydrogen) atoms. The van der Waals surface area contributed by atoms with Gasteiger partial charge < -0.3 is 29.5 Å². The number of rotatable bonds is 18. The summed E-state index contributed by atoms with van der Waals surface area (Å²) in [6, 6.07) is 9.23. The molecule has 0 aliphatic carbocycles. The van der Waals surface area contributed by atoms with E-state index in [9.17, 15) is 29.7 Å². The van der Waals surface area contributed by atoms with Gasteiger partial charge in [-0.2, -0.15) is 0 Å². The van der Waals surface area contributed by atoms with Crippen LogP contribution in [-0.2, 0) is 14.4 Å². The Hall–Kier alpha value is -5.46. The summed E-state index contributed by atoms with van der Waals surface area (Å²) in [6.45, 7) is 14.7. The third kappa shape index (κ3) is 10.3. The molecule has 12 nitrogen and oxygen atoms in total. The van der Waals surface area contributed by atoms with E-state index in [4.69, 9.17) is 14.2 Å². The molecule has 0 amide bonds. The second-order valence-electron chi connectivity index (χ2n) is 14.6.